The van der Waals surface area contributed by atoms with Crippen LogP contribution >= 0.6 is 0 Å². The van der Waals surface area contributed by atoms with Gasteiger partial charge in [0.2, 0.25) is 0 Å². The van der Waals surface area contributed by atoms with Crippen molar-refractivity contribution in [1.29, 1.82) is 0 Å². The van der Waals surface area contributed by atoms with E-state index in [2.05, 4.69) is 0 Å². The molecule has 10 heteroatoms. The van der Waals surface area contributed by atoms with Crippen LogP contribution < -0.4 is 0 Å². The maximum Gasteiger partial charge on any atom is 0.419 e. The molecule has 26 heavy (non-hydrogen) atoms. The van der Waals surface area contributed by atoms with Gasteiger partial charge in [-0.15, -0.1) is 0 Å². The van der Waals surface area contributed by atoms with Crippen LogP contribution in [0.3, 0.4) is 0 Å². The van der Waals surface area contributed by atoms with E-state index in [1.54, 1.807) is 0 Å². The van der Waals surface area contributed by atoms with Crippen molar-refractivity contribution in [2.75, 3.05) is 0 Å². The van der Waals surface area contributed by atoms with Crippen molar-refractivity contribution in [2.24, 2.45) is 0 Å². The molecular weight excluding hydrogens is 376 g/mol. The molecule has 0 saturated carbocycles. The molecule has 0 radical (unpaired) electrons. The van der Waals surface area contributed by atoms with Crippen molar-refractivity contribution in [3.63, 3.8) is 0 Å². The van der Waals surface area contributed by atoms with Crippen molar-refractivity contribution in [2.45, 2.75) is 12.4 Å². The van der Waals surface area contributed by atoms with E-state index >= 15 is 0 Å². The highest BCUT2D eigenvalue weighted by molar-refractivity contribution is 5.75. The quantitative estimate of drug-likeness (QED) is 0.519. The third kappa shape index (κ3) is 5.94. The molecule has 0 atom stereocenters. The molecule has 0 spiro atoms. The minimum atomic E-state index is -4.72. The molecule has 2 aromatic rings. The third-order valence-electron chi connectivity index (χ3n) is 2.82. The number of hydrogen-bond donors (Lipinski definition) is 0. The summed E-state index contributed by atoms with van der Waals surface area (Å²) in [5, 5.41) is 0. The first-order chi connectivity index (χ1) is 11.9. The van der Waals surface area contributed by atoms with Crippen LogP contribution in [0.25, 0.3) is 0 Å². The first-order valence-electron chi connectivity index (χ1n) is 6.53. The van der Waals surface area contributed by atoms with Crippen LogP contribution in [0, 0.1) is 11.6 Å². The van der Waals surface area contributed by atoms with Crippen LogP contribution in [0.15, 0.2) is 36.4 Å². The number of halogens is 8. The predicted molar refractivity (Wildman–Crippen MR) is 73.6 cm³/mol. The summed E-state index contributed by atoms with van der Waals surface area (Å²) in [4.78, 5) is 20.2. The standard InChI is InChI=1S/2C8H4F4O/c9-7-2-5(4-13)1-6(3-7)8(10,11)12;9-7-3-5(4-13)1-2-6(7)8(10,11)12/h2*1-4H. The number of carbonyl (C=O) groups is 2. The summed E-state index contributed by atoms with van der Waals surface area (Å²) < 4.78 is 97.0. The lowest BCUT2D eigenvalue weighted by Crippen LogP contribution is -2.08. The van der Waals surface area contributed by atoms with Gasteiger partial charge in [-0.05, 0) is 30.3 Å². The molecule has 0 aliphatic heterocycles. The van der Waals surface area contributed by atoms with E-state index in [1.807, 2.05) is 0 Å². The normalized spacial score (nSPS) is 11.4. The Labute approximate surface area is 141 Å². The summed E-state index contributed by atoms with van der Waals surface area (Å²) >= 11 is 0. The van der Waals surface area contributed by atoms with Gasteiger partial charge in [0.25, 0.3) is 0 Å². The van der Waals surface area contributed by atoms with Gasteiger partial charge in [0, 0.05) is 11.1 Å². The second-order valence-electron chi connectivity index (χ2n) is 4.74. The first-order valence-corrected chi connectivity index (χ1v) is 6.53. The van der Waals surface area contributed by atoms with Crippen LogP contribution in [0.4, 0.5) is 35.1 Å². The van der Waals surface area contributed by atoms with Gasteiger partial charge >= 0.3 is 12.4 Å². The minimum absolute atomic E-state index is 0.120. The highest BCUT2D eigenvalue weighted by Gasteiger charge is 2.33. The van der Waals surface area contributed by atoms with E-state index in [9.17, 15) is 44.7 Å². The van der Waals surface area contributed by atoms with Crippen LogP contribution in [-0.2, 0) is 12.4 Å². The Hall–Kier alpha value is -2.78. The van der Waals surface area contributed by atoms with E-state index in [0.717, 1.165) is 12.1 Å². The van der Waals surface area contributed by atoms with Gasteiger partial charge in [-0.1, -0.05) is 6.07 Å². The molecule has 0 heterocycles. The van der Waals surface area contributed by atoms with Gasteiger partial charge in [0.1, 0.15) is 24.2 Å². The fraction of sp³-hybridized carbons (Fsp3) is 0.125. The molecule has 0 aliphatic carbocycles. The monoisotopic (exact) mass is 384 g/mol. The molecule has 2 nitrogen and oxygen atoms in total. The number of hydrogen-bond acceptors (Lipinski definition) is 2. The number of aldehydes is 2. The Morgan fingerprint density at radius 1 is 0.692 bits per heavy atom. The van der Waals surface area contributed by atoms with Gasteiger partial charge < -0.3 is 0 Å². The fourth-order valence-corrected chi connectivity index (χ4v) is 1.68. The first kappa shape index (κ1) is 21.3. The van der Waals surface area contributed by atoms with E-state index in [-0.39, 0.29) is 23.7 Å². The SMILES string of the molecule is O=Cc1cc(F)cc(C(F)(F)F)c1.O=Cc1ccc(C(F)(F)F)c(F)c1. The van der Waals surface area contributed by atoms with Crippen molar-refractivity contribution >= 4 is 12.6 Å². The molecule has 0 N–H and O–H groups in total. The number of rotatable bonds is 2. The van der Waals surface area contributed by atoms with Crippen molar-refractivity contribution in [3.05, 3.63) is 70.3 Å². The van der Waals surface area contributed by atoms with Crippen LogP contribution in [0.1, 0.15) is 31.8 Å². The second-order valence-corrected chi connectivity index (χ2v) is 4.74. The topological polar surface area (TPSA) is 34.1 Å². The third-order valence-corrected chi connectivity index (χ3v) is 2.82. The summed E-state index contributed by atoms with van der Waals surface area (Å²) in [6.07, 6.45) is -8.90. The van der Waals surface area contributed by atoms with Gasteiger partial charge in [0.15, 0.2) is 0 Å². The molecule has 2 aromatic carbocycles. The summed E-state index contributed by atoms with van der Waals surface area (Å²) in [5.74, 6) is -2.51. The zero-order valence-corrected chi connectivity index (χ0v) is 12.5. The zero-order chi connectivity index (χ0) is 20.1. The lowest BCUT2D eigenvalue weighted by Gasteiger charge is -2.07. The van der Waals surface area contributed by atoms with Crippen molar-refractivity contribution in [3.8, 4) is 0 Å². The number of benzene rings is 2. The Bertz CT molecular complexity index is 794. The molecule has 0 amide bonds. The van der Waals surface area contributed by atoms with Crippen LogP contribution in [0.5, 0.6) is 0 Å². The summed E-state index contributed by atoms with van der Waals surface area (Å²) in [6.45, 7) is 0. The van der Waals surface area contributed by atoms with E-state index in [4.69, 9.17) is 0 Å². The summed E-state index contributed by atoms with van der Waals surface area (Å²) in [5.41, 5.74) is -2.97. The van der Waals surface area contributed by atoms with Gasteiger partial charge in [-0.2, -0.15) is 26.3 Å². The lowest BCUT2D eigenvalue weighted by molar-refractivity contribution is -0.140. The fourth-order valence-electron chi connectivity index (χ4n) is 1.68. The smallest absolute Gasteiger partial charge is 0.298 e. The number of carbonyl (C=O) groups excluding carboxylic acids is 2. The Morgan fingerprint density at radius 2 is 1.27 bits per heavy atom. The maximum atomic E-state index is 12.7. The highest BCUT2D eigenvalue weighted by atomic mass is 19.4. The molecule has 2 rings (SSSR count). The second kappa shape index (κ2) is 8.07. The van der Waals surface area contributed by atoms with Crippen LogP contribution in [0.2, 0.25) is 0 Å². The lowest BCUT2D eigenvalue weighted by atomic mass is 10.1. The molecule has 0 aromatic heterocycles. The largest absolute Gasteiger partial charge is 0.419 e. The predicted octanol–water partition coefficient (Wildman–Crippen LogP) is 5.31. The Kier molecular flexibility index (Phi) is 6.60. The molecule has 0 bridgehead atoms. The Balaban J connectivity index is 0.000000260. The molecule has 0 fully saturated rings. The van der Waals surface area contributed by atoms with Crippen molar-refractivity contribution < 1.29 is 44.7 Å². The van der Waals surface area contributed by atoms with E-state index < -0.39 is 35.1 Å². The molecule has 140 valence electrons. The van der Waals surface area contributed by atoms with E-state index in [0.29, 0.717) is 24.3 Å². The average Bonchev–Trinajstić information content (AvgIpc) is 2.52. The van der Waals surface area contributed by atoms with Crippen molar-refractivity contribution in [1.82, 2.24) is 0 Å². The minimum Gasteiger partial charge on any atom is -0.298 e. The highest BCUT2D eigenvalue weighted by Crippen LogP contribution is 2.31. The number of alkyl halides is 6. The summed E-state index contributed by atoms with van der Waals surface area (Å²) in [7, 11) is 0. The summed E-state index contributed by atoms with van der Waals surface area (Å²) in [6, 6.07) is 3.68. The van der Waals surface area contributed by atoms with Gasteiger partial charge in [-0.3, -0.25) is 9.59 Å². The molecule has 0 unspecified atom stereocenters. The Morgan fingerprint density at radius 3 is 1.69 bits per heavy atom. The maximum absolute atomic E-state index is 12.7. The molecular formula is C16H8F8O2. The van der Waals surface area contributed by atoms with Gasteiger partial charge in [-0.25, -0.2) is 8.78 Å². The average molecular weight is 384 g/mol. The molecule has 0 saturated heterocycles. The molecule has 0 aliphatic rings. The van der Waals surface area contributed by atoms with Gasteiger partial charge in [0.05, 0.1) is 11.1 Å². The zero-order valence-electron chi connectivity index (χ0n) is 12.5. The van der Waals surface area contributed by atoms with E-state index in [1.165, 1.54) is 0 Å². The van der Waals surface area contributed by atoms with Crippen LogP contribution in [-0.4, -0.2) is 12.6 Å².